The Bertz CT molecular complexity index is 1460. The van der Waals surface area contributed by atoms with Gasteiger partial charge < -0.3 is 15.0 Å². The Morgan fingerprint density at radius 2 is 1.61 bits per heavy atom. The van der Waals surface area contributed by atoms with E-state index in [4.69, 9.17) is 16.3 Å². The molecule has 3 aromatic rings. The molecule has 0 aliphatic rings. The Morgan fingerprint density at radius 1 is 0.976 bits per heavy atom. The maximum Gasteiger partial charge on any atom is 0.244 e. The fourth-order valence-electron chi connectivity index (χ4n) is 4.35. The first-order valence-electron chi connectivity index (χ1n) is 13.2. The van der Waals surface area contributed by atoms with Crippen molar-refractivity contribution in [2.45, 2.75) is 52.2 Å². The second-order valence-corrected chi connectivity index (χ2v) is 13.4. The highest BCUT2D eigenvalue weighted by Gasteiger charge is 2.35. The molecule has 8 nitrogen and oxygen atoms in total. The van der Waals surface area contributed by atoms with E-state index in [0.717, 1.165) is 27.3 Å². The van der Waals surface area contributed by atoms with Gasteiger partial charge in [0.2, 0.25) is 21.8 Å². The summed E-state index contributed by atoms with van der Waals surface area (Å²) in [6.45, 7) is 7.10. The van der Waals surface area contributed by atoms with Crippen molar-refractivity contribution in [1.29, 1.82) is 0 Å². The summed E-state index contributed by atoms with van der Waals surface area (Å²) in [6, 6.07) is 20.7. The van der Waals surface area contributed by atoms with Crippen LogP contribution in [0.15, 0.2) is 72.8 Å². The highest BCUT2D eigenvalue weighted by molar-refractivity contribution is 7.92. The molecule has 2 amide bonds. The summed E-state index contributed by atoms with van der Waals surface area (Å²) >= 11 is 6.21. The number of hydrogen-bond donors (Lipinski definition) is 1. The molecule has 1 atom stereocenters. The van der Waals surface area contributed by atoms with Crippen molar-refractivity contribution in [3.8, 4) is 5.75 Å². The van der Waals surface area contributed by atoms with E-state index < -0.39 is 34.1 Å². The van der Waals surface area contributed by atoms with Crippen LogP contribution < -0.4 is 14.4 Å². The number of aryl methyl sites for hydroxylation is 1. The third-order valence-electron chi connectivity index (χ3n) is 6.33. The number of halogens is 1. The zero-order valence-corrected chi connectivity index (χ0v) is 25.9. The molecule has 0 spiro atoms. The van der Waals surface area contributed by atoms with E-state index >= 15 is 0 Å². The maximum absolute atomic E-state index is 14.2. The second kappa shape index (κ2) is 13.4. The summed E-state index contributed by atoms with van der Waals surface area (Å²) in [6.07, 6.45) is 1.25. The van der Waals surface area contributed by atoms with Gasteiger partial charge in [0.15, 0.2) is 0 Å². The number of anilines is 1. The number of ether oxygens (including phenoxy) is 1. The first kappa shape index (κ1) is 32.0. The molecule has 0 saturated carbocycles. The molecule has 0 fully saturated rings. The van der Waals surface area contributed by atoms with Crippen LogP contribution in [0, 0.1) is 6.92 Å². The summed E-state index contributed by atoms with van der Waals surface area (Å²) < 4.78 is 32.4. The van der Waals surface area contributed by atoms with Crippen LogP contribution in [0.4, 0.5) is 5.69 Å². The average Bonchev–Trinajstić information content (AvgIpc) is 2.89. The highest BCUT2D eigenvalue weighted by atomic mass is 35.5. The van der Waals surface area contributed by atoms with Crippen LogP contribution in [0.2, 0.25) is 5.02 Å². The average molecular weight is 600 g/mol. The Kier molecular flexibility index (Phi) is 10.4. The quantitative estimate of drug-likeness (QED) is 0.335. The molecule has 3 aromatic carbocycles. The van der Waals surface area contributed by atoms with Gasteiger partial charge in [0.1, 0.15) is 18.3 Å². The Morgan fingerprint density at radius 3 is 2.17 bits per heavy atom. The molecular formula is C31H38ClN3O5S. The summed E-state index contributed by atoms with van der Waals surface area (Å²) in [4.78, 5) is 29.4. The van der Waals surface area contributed by atoms with E-state index in [1.165, 1.54) is 18.1 Å². The molecule has 1 N–H and O–H groups in total. The van der Waals surface area contributed by atoms with E-state index in [9.17, 15) is 18.0 Å². The van der Waals surface area contributed by atoms with Crippen LogP contribution in [0.3, 0.4) is 0 Å². The van der Waals surface area contributed by atoms with E-state index in [1.807, 2.05) is 82.3 Å². The van der Waals surface area contributed by atoms with Crippen LogP contribution in [-0.2, 0) is 32.6 Å². The van der Waals surface area contributed by atoms with Gasteiger partial charge in [-0.05, 0) is 57.0 Å². The third kappa shape index (κ3) is 9.23. The smallest absolute Gasteiger partial charge is 0.244 e. The van der Waals surface area contributed by atoms with E-state index in [0.29, 0.717) is 0 Å². The standard InChI is InChI=1S/C31H38ClN3O5S/c1-22-12-14-24(15-13-22)20-34(27(30(37)33-31(2,3)4)18-23-10-8-7-9-11-23)29(36)21-35(41(6,38)39)26-19-25(32)16-17-28(26)40-5/h7-17,19,27H,18,20-21H2,1-6H3,(H,33,37)/t27-/m1/s1. The number of sulfonamides is 1. The maximum atomic E-state index is 14.2. The molecule has 0 bridgehead atoms. The highest BCUT2D eigenvalue weighted by Crippen LogP contribution is 2.33. The molecule has 0 heterocycles. The number of rotatable bonds is 11. The SMILES string of the molecule is COc1ccc(Cl)cc1N(CC(=O)N(Cc1ccc(C)cc1)[C@H](Cc1ccccc1)C(=O)NC(C)(C)C)S(C)(=O)=O. The zero-order valence-electron chi connectivity index (χ0n) is 24.3. The van der Waals surface area contributed by atoms with Crippen molar-refractivity contribution in [2.75, 3.05) is 24.2 Å². The van der Waals surface area contributed by atoms with E-state index in [1.54, 1.807) is 12.1 Å². The van der Waals surface area contributed by atoms with Crippen molar-refractivity contribution in [3.05, 3.63) is 94.5 Å². The Hall–Kier alpha value is -3.56. The van der Waals surface area contributed by atoms with Crippen LogP contribution >= 0.6 is 11.6 Å². The molecule has 3 rings (SSSR count). The van der Waals surface area contributed by atoms with Crippen molar-refractivity contribution in [1.82, 2.24) is 10.2 Å². The van der Waals surface area contributed by atoms with Crippen molar-refractivity contribution >= 4 is 39.1 Å². The summed E-state index contributed by atoms with van der Waals surface area (Å²) in [5.74, 6) is -0.653. The first-order valence-corrected chi connectivity index (χ1v) is 15.4. The number of carbonyl (C=O) groups excluding carboxylic acids is 2. The van der Waals surface area contributed by atoms with Gasteiger partial charge in [0.05, 0.1) is 19.1 Å². The number of hydrogen-bond acceptors (Lipinski definition) is 5. The minimum Gasteiger partial charge on any atom is -0.495 e. The lowest BCUT2D eigenvalue weighted by atomic mass is 10.0. The number of benzene rings is 3. The monoisotopic (exact) mass is 599 g/mol. The lowest BCUT2D eigenvalue weighted by Crippen LogP contribution is -2.56. The summed E-state index contributed by atoms with van der Waals surface area (Å²) in [5.41, 5.74) is 2.29. The molecule has 0 saturated heterocycles. The molecule has 0 aromatic heterocycles. The van der Waals surface area contributed by atoms with Crippen molar-refractivity contribution in [2.24, 2.45) is 0 Å². The minimum absolute atomic E-state index is 0.0957. The minimum atomic E-state index is -3.96. The number of nitrogens with one attached hydrogen (secondary N) is 1. The molecular weight excluding hydrogens is 562 g/mol. The predicted octanol–water partition coefficient (Wildman–Crippen LogP) is 4.98. The summed E-state index contributed by atoms with van der Waals surface area (Å²) in [7, 11) is -2.55. The molecule has 220 valence electrons. The third-order valence-corrected chi connectivity index (χ3v) is 7.69. The number of carbonyl (C=O) groups is 2. The van der Waals surface area contributed by atoms with E-state index in [2.05, 4.69) is 5.32 Å². The first-order chi connectivity index (χ1) is 19.2. The van der Waals surface area contributed by atoms with Gasteiger partial charge in [-0.15, -0.1) is 0 Å². The van der Waals surface area contributed by atoms with Crippen molar-refractivity contribution < 1.29 is 22.7 Å². The largest absolute Gasteiger partial charge is 0.495 e. The number of nitrogens with zero attached hydrogens (tertiary/aromatic N) is 2. The molecule has 10 heteroatoms. The van der Waals surface area contributed by atoms with Crippen molar-refractivity contribution in [3.63, 3.8) is 0 Å². The summed E-state index contributed by atoms with van der Waals surface area (Å²) in [5, 5.41) is 3.29. The topological polar surface area (TPSA) is 96.0 Å². The van der Waals surface area contributed by atoms with Gasteiger partial charge in [-0.3, -0.25) is 13.9 Å². The molecule has 0 aliphatic heterocycles. The van der Waals surface area contributed by atoms with Crippen LogP contribution in [0.1, 0.15) is 37.5 Å². The van der Waals surface area contributed by atoms with Gasteiger partial charge in [0, 0.05) is 23.5 Å². The van der Waals surface area contributed by atoms with Gasteiger partial charge >= 0.3 is 0 Å². The fourth-order valence-corrected chi connectivity index (χ4v) is 5.36. The van der Waals surface area contributed by atoms with Crippen LogP contribution in [0.5, 0.6) is 5.75 Å². The normalized spacial score (nSPS) is 12.4. The molecule has 0 radical (unpaired) electrons. The lowest BCUT2D eigenvalue weighted by Gasteiger charge is -2.35. The fraction of sp³-hybridized carbons (Fsp3) is 0.355. The zero-order chi connectivity index (χ0) is 30.4. The lowest BCUT2D eigenvalue weighted by molar-refractivity contribution is -0.140. The van der Waals surface area contributed by atoms with Crippen LogP contribution in [0.25, 0.3) is 0 Å². The van der Waals surface area contributed by atoms with Crippen LogP contribution in [-0.4, -0.2) is 56.6 Å². The van der Waals surface area contributed by atoms with Gasteiger partial charge in [-0.1, -0.05) is 71.8 Å². The molecule has 0 unspecified atom stereocenters. The number of methoxy groups -OCH3 is 1. The number of amides is 2. The Labute approximate surface area is 248 Å². The van der Waals surface area contributed by atoms with Gasteiger partial charge in [-0.2, -0.15) is 0 Å². The van der Waals surface area contributed by atoms with E-state index in [-0.39, 0.29) is 35.3 Å². The molecule has 41 heavy (non-hydrogen) atoms. The molecule has 0 aliphatic carbocycles. The van der Waals surface area contributed by atoms with Gasteiger partial charge in [-0.25, -0.2) is 8.42 Å². The Balaban J connectivity index is 2.11. The van der Waals surface area contributed by atoms with Gasteiger partial charge in [0.25, 0.3) is 0 Å². The second-order valence-electron chi connectivity index (χ2n) is 11.0. The predicted molar refractivity (Wildman–Crippen MR) is 164 cm³/mol.